The highest BCUT2D eigenvalue weighted by Gasteiger charge is 2.07. The highest BCUT2D eigenvalue weighted by Crippen LogP contribution is 2.32. The summed E-state index contributed by atoms with van der Waals surface area (Å²) in [5.41, 5.74) is 8.76. The summed E-state index contributed by atoms with van der Waals surface area (Å²) in [6, 6.07) is 13.8. The van der Waals surface area contributed by atoms with Crippen molar-refractivity contribution in [1.82, 2.24) is 0 Å². The first kappa shape index (κ1) is 12.9. The van der Waals surface area contributed by atoms with E-state index >= 15 is 0 Å². The van der Waals surface area contributed by atoms with Gasteiger partial charge in [0, 0.05) is 17.1 Å². The van der Waals surface area contributed by atoms with Gasteiger partial charge in [-0.2, -0.15) is 0 Å². The minimum Gasteiger partial charge on any atom is -0.493 e. The molecule has 0 amide bonds. The molecule has 0 aliphatic carbocycles. The van der Waals surface area contributed by atoms with E-state index in [2.05, 4.69) is 0 Å². The van der Waals surface area contributed by atoms with Gasteiger partial charge in [0.25, 0.3) is 0 Å². The first-order valence-corrected chi connectivity index (χ1v) is 6.34. The lowest BCUT2D eigenvalue weighted by Gasteiger charge is -2.11. The average molecular weight is 262 g/mol. The summed E-state index contributed by atoms with van der Waals surface area (Å²) in [6.45, 7) is 3.06. The maximum absolute atomic E-state index is 6.07. The molecule has 2 nitrogen and oxygen atoms in total. The Bertz CT molecular complexity index is 540. The first-order valence-electron chi connectivity index (χ1n) is 5.97. The highest BCUT2D eigenvalue weighted by atomic mass is 35.5. The predicted octanol–water partition coefficient (Wildman–Crippen LogP) is 3.86. The molecule has 0 aliphatic heterocycles. The lowest BCUT2D eigenvalue weighted by molar-refractivity contribution is 0.341. The molecule has 2 aromatic rings. The molecule has 0 radical (unpaired) electrons. The van der Waals surface area contributed by atoms with E-state index in [0.29, 0.717) is 18.2 Å². The van der Waals surface area contributed by atoms with Crippen molar-refractivity contribution in [2.24, 2.45) is 5.73 Å². The van der Waals surface area contributed by atoms with Gasteiger partial charge in [0.2, 0.25) is 0 Å². The first-order chi connectivity index (χ1) is 8.76. The SMILES string of the molecule is CCOc1ccccc1-c1ccc(Cl)c(CN)c1. The molecule has 3 heteroatoms. The van der Waals surface area contributed by atoms with Gasteiger partial charge in [0.05, 0.1) is 6.61 Å². The molecular weight excluding hydrogens is 246 g/mol. The zero-order valence-electron chi connectivity index (χ0n) is 10.3. The summed E-state index contributed by atoms with van der Waals surface area (Å²) < 4.78 is 5.63. The Morgan fingerprint density at radius 3 is 2.67 bits per heavy atom. The number of para-hydroxylation sites is 1. The molecule has 0 unspecified atom stereocenters. The minimum atomic E-state index is 0.434. The van der Waals surface area contributed by atoms with Gasteiger partial charge in [-0.25, -0.2) is 0 Å². The van der Waals surface area contributed by atoms with Gasteiger partial charge in [0.15, 0.2) is 0 Å². The number of rotatable bonds is 4. The van der Waals surface area contributed by atoms with Crippen molar-refractivity contribution in [3.8, 4) is 16.9 Å². The maximum Gasteiger partial charge on any atom is 0.127 e. The molecule has 0 fully saturated rings. The number of hydrogen-bond donors (Lipinski definition) is 1. The molecule has 2 aromatic carbocycles. The second-order valence-electron chi connectivity index (χ2n) is 3.94. The molecule has 94 valence electrons. The third-order valence-corrected chi connectivity index (χ3v) is 3.13. The van der Waals surface area contributed by atoms with Crippen molar-refractivity contribution in [2.45, 2.75) is 13.5 Å². The van der Waals surface area contributed by atoms with Gasteiger partial charge in [-0.15, -0.1) is 0 Å². The van der Waals surface area contributed by atoms with Crippen LogP contribution in [0.25, 0.3) is 11.1 Å². The fourth-order valence-electron chi connectivity index (χ4n) is 1.89. The molecular formula is C15H16ClNO. The minimum absolute atomic E-state index is 0.434. The summed E-state index contributed by atoms with van der Waals surface area (Å²) in [5, 5.41) is 0.704. The van der Waals surface area contributed by atoms with E-state index in [0.717, 1.165) is 22.4 Å². The van der Waals surface area contributed by atoms with Crippen LogP contribution in [0.3, 0.4) is 0 Å². The maximum atomic E-state index is 6.07. The monoisotopic (exact) mass is 261 g/mol. The van der Waals surface area contributed by atoms with Gasteiger partial charge in [-0.3, -0.25) is 0 Å². The lowest BCUT2D eigenvalue weighted by Crippen LogP contribution is -1.98. The topological polar surface area (TPSA) is 35.2 Å². The van der Waals surface area contributed by atoms with Crippen LogP contribution in [0.2, 0.25) is 5.02 Å². The zero-order chi connectivity index (χ0) is 13.0. The van der Waals surface area contributed by atoms with Crippen molar-refractivity contribution in [2.75, 3.05) is 6.61 Å². The van der Waals surface area contributed by atoms with Crippen LogP contribution in [0.5, 0.6) is 5.75 Å². The van der Waals surface area contributed by atoms with Gasteiger partial charge in [0.1, 0.15) is 5.75 Å². The largest absolute Gasteiger partial charge is 0.493 e. The third kappa shape index (κ3) is 2.66. The van der Waals surface area contributed by atoms with Crippen LogP contribution in [0.15, 0.2) is 42.5 Å². The summed E-state index contributed by atoms with van der Waals surface area (Å²) in [4.78, 5) is 0. The van der Waals surface area contributed by atoms with E-state index < -0.39 is 0 Å². The highest BCUT2D eigenvalue weighted by molar-refractivity contribution is 6.31. The number of nitrogens with two attached hydrogens (primary N) is 1. The van der Waals surface area contributed by atoms with E-state index in [1.807, 2.05) is 49.4 Å². The number of hydrogen-bond acceptors (Lipinski definition) is 2. The van der Waals surface area contributed by atoms with Crippen LogP contribution in [-0.2, 0) is 6.54 Å². The Labute approximate surface area is 112 Å². The quantitative estimate of drug-likeness (QED) is 0.907. The summed E-state index contributed by atoms with van der Waals surface area (Å²) >= 11 is 6.07. The van der Waals surface area contributed by atoms with Crippen LogP contribution in [0.1, 0.15) is 12.5 Å². The van der Waals surface area contributed by atoms with Crippen molar-refractivity contribution in [3.05, 3.63) is 53.1 Å². The molecule has 0 saturated carbocycles. The summed E-state index contributed by atoms with van der Waals surface area (Å²) in [5.74, 6) is 0.880. The Morgan fingerprint density at radius 1 is 1.17 bits per heavy atom. The van der Waals surface area contributed by atoms with Crippen molar-refractivity contribution in [1.29, 1.82) is 0 Å². The molecule has 0 aliphatic rings. The van der Waals surface area contributed by atoms with Gasteiger partial charge in [-0.1, -0.05) is 35.9 Å². The van der Waals surface area contributed by atoms with Crippen molar-refractivity contribution in [3.63, 3.8) is 0 Å². The molecule has 0 atom stereocenters. The van der Waals surface area contributed by atoms with E-state index in [1.165, 1.54) is 0 Å². The number of benzene rings is 2. The van der Waals surface area contributed by atoms with Crippen LogP contribution < -0.4 is 10.5 Å². The molecule has 2 rings (SSSR count). The van der Waals surface area contributed by atoms with Gasteiger partial charge < -0.3 is 10.5 Å². The molecule has 2 N–H and O–H groups in total. The third-order valence-electron chi connectivity index (χ3n) is 2.76. The van der Waals surface area contributed by atoms with Crippen LogP contribution in [-0.4, -0.2) is 6.61 Å². The van der Waals surface area contributed by atoms with Crippen LogP contribution in [0, 0.1) is 0 Å². The lowest BCUT2D eigenvalue weighted by atomic mass is 10.0. The number of ether oxygens (including phenoxy) is 1. The molecule has 18 heavy (non-hydrogen) atoms. The molecule has 0 heterocycles. The van der Waals surface area contributed by atoms with Crippen LogP contribution >= 0.6 is 11.6 Å². The van der Waals surface area contributed by atoms with Crippen molar-refractivity contribution >= 4 is 11.6 Å². The van der Waals surface area contributed by atoms with Crippen molar-refractivity contribution < 1.29 is 4.74 Å². The summed E-state index contributed by atoms with van der Waals surface area (Å²) in [6.07, 6.45) is 0. The second-order valence-corrected chi connectivity index (χ2v) is 4.35. The Hall–Kier alpha value is -1.51. The van der Waals surface area contributed by atoms with E-state index in [1.54, 1.807) is 0 Å². The van der Waals surface area contributed by atoms with E-state index in [9.17, 15) is 0 Å². The Morgan fingerprint density at radius 2 is 1.94 bits per heavy atom. The fourth-order valence-corrected chi connectivity index (χ4v) is 2.08. The Kier molecular flexibility index (Phi) is 4.24. The Balaban J connectivity index is 2.48. The van der Waals surface area contributed by atoms with Crippen LogP contribution in [0.4, 0.5) is 0 Å². The molecule has 0 bridgehead atoms. The molecule has 0 saturated heterocycles. The standard InChI is InChI=1S/C15H16ClNO/c1-2-18-15-6-4-3-5-13(15)11-7-8-14(16)12(9-11)10-17/h3-9H,2,10,17H2,1H3. The van der Waals surface area contributed by atoms with Gasteiger partial charge in [-0.05, 0) is 36.2 Å². The normalized spacial score (nSPS) is 10.4. The number of halogens is 1. The predicted molar refractivity (Wildman–Crippen MR) is 75.9 cm³/mol. The summed E-state index contributed by atoms with van der Waals surface area (Å²) in [7, 11) is 0. The molecule has 0 spiro atoms. The second kappa shape index (κ2) is 5.89. The van der Waals surface area contributed by atoms with E-state index in [-0.39, 0.29) is 0 Å². The smallest absolute Gasteiger partial charge is 0.127 e. The van der Waals surface area contributed by atoms with Gasteiger partial charge >= 0.3 is 0 Å². The fraction of sp³-hybridized carbons (Fsp3) is 0.200. The zero-order valence-corrected chi connectivity index (χ0v) is 11.1. The molecule has 0 aromatic heterocycles. The average Bonchev–Trinajstić information content (AvgIpc) is 2.40. The van der Waals surface area contributed by atoms with E-state index in [4.69, 9.17) is 22.1 Å².